The number of fused-ring (bicyclic) bond motifs is 1. The number of aryl methyl sites for hydroxylation is 1. The number of aromatic carboxylic acids is 1. The Kier molecular flexibility index (Phi) is 3.34. The smallest absolute Gasteiger partial charge is 0.340 e. The number of carbonyl (C=O) groups excluding carboxylic acids is 1. The Morgan fingerprint density at radius 2 is 2.19 bits per heavy atom. The van der Waals surface area contributed by atoms with E-state index in [0.29, 0.717) is 17.9 Å². The second kappa shape index (κ2) is 5.17. The molecule has 2 N–H and O–H groups in total. The van der Waals surface area contributed by atoms with Gasteiger partial charge in [0.15, 0.2) is 6.10 Å². The van der Waals surface area contributed by atoms with E-state index in [0.717, 1.165) is 17.1 Å². The quantitative estimate of drug-likeness (QED) is 0.906. The zero-order chi connectivity index (χ0) is 15.0. The largest absolute Gasteiger partial charge is 0.480 e. The average Bonchev–Trinajstić information content (AvgIpc) is 3.02. The summed E-state index contributed by atoms with van der Waals surface area (Å²) in [7, 11) is 0. The first-order chi connectivity index (χ1) is 10.1. The molecule has 2 heterocycles. The maximum absolute atomic E-state index is 12.2. The fourth-order valence-electron chi connectivity index (χ4n) is 2.23. The van der Waals surface area contributed by atoms with Gasteiger partial charge in [0.2, 0.25) is 0 Å². The summed E-state index contributed by atoms with van der Waals surface area (Å²) in [6.07, 6.45) is -0.172. The van der Waals surface area contributed by atoms with Gasteiger partial charge in [0, 0.05) is 6.42 Å². The number of amides is 1. The molecule has 0 fully saturated rings. The lowest BCUT2D eigenvalue weighted by molar-refractivity contribution is -0.122. The molecule has 0 saturated carbocycles. The third kappa shape index (κ3) is 2.47. The molecule has 1 unspecified atom stereocenters. The van der Waals surface area contributed by atoms with E-state index in [-0.39, 0.29) is 16.5 Å². The number of aromatic nitrogens is 1. The van der Waals surface area contributed by atoms with Crippen LogP contribution in [0.15, 0.2) is 24.3 Å². The molecule has 1 amide bonds. The second-order valence-corrected chi connectivity index (χ2v) is 5.46. The molecule has 0 spiro atoms. The number of benzene rings is 1. The fourth-order valence-corrected chi connectivity index (χ4v) is 3.02. The number of ether oxygens (including phenoxy) is 1. The molecule has 0 bridgehead atoms. The number of carboxylic acids is 1. The molecular weight excluding hydrogens is 292 g/mol. The van der Waals surface area contributed by atoms with Gasteiger partial charge in [0.25, 0.3) is 5.91 Å². The van der Waals surface area contributed by atoms with Crippen molar-refractivity contribution in [1.82, 2.24) is 4.37 Å². The number of hydrogen-bond donors (Lipinski definition) is 2. The molecule has 2 aromatic rings. The topological polar surface area (TPSA) is 88.5 Å². The third-order valence-electron chi connectivity index (χ3n) is 3.25. The van der Waals surface area contributed by atoms with E-state index in [1.807, 2.05) is 24.3 Å². The van der Waals surface area contributed by atoms with Crippen LogP contribution in [-0.4, -0.2) is 27.5 Å². The van der Waals surface area contributed by atoms with Gasteiger partial charge in [0.1, 0.15) is 16.3 Å². The van der Waals surface area contributed by atoms with Crippen LogP contribution in [0, 0.1) is 6.92 Å². The zero-order valence-corrected chi connectivity index (χ0v) is 11.9. The van der Waals surface area contributed by atoms with Crippen molar-refractivity contribution in [3.63, 3.8) is 0 Å². The highest BCUT2D eigenvalue weighted by molar-refractivity contribution is 7.11. The van der Waals surface area contributed by atoms with Gasteiger partial charge in [-0.05, 0) is 30.1 Å². The molecule has 108 valence electrons. The number of nitrogens with one attached hydrogen (secondary N) is 1. The van der Waals surface area contributed by atoms with E-state index in [2.05, 4.69) is 9.69 Å². The Morgan fingerprint density at radius 1 is 1.43 bits per heavy atom. The summed E-state index contributed by atoms with van der Waals surface area (Å²) in [5.74, 6) is -0.777. The van der Waals surface area contributed by atoms with Crippen LogP contribution < -0.4 is 10.1 Å². The number of anilines is 1. The fraction of sp³-hybridized carbons (Fsp3) is 0.214. The van der Waals surface area contributed by atoms with Crippen LogP contribution in [-0.2, 0) is 11.2 Å². The lowest BCUT2D eigenvalue weighted by atomic mass is 10.1. The number of carboxylic acid groups (broad SMARTS) is 1. The minimum Gasteiger partial charge on any atom is -0.480 e. The van der Waals surface area contributed by atoms with E-state index >= 15 is 0 Å². The third-order valence-corrected chi connectivity index (χ3v) is 4.11. The predicted molar refractivity (Wildman–Crippen MR) is 77.0 cm³/mol. The summed E-state index contributed by atoms with van der Waals surface area (Å²) in [6, 6.07) is 7.44. The maximum Gasteiger partial charge on any atom is 0.340 e. The normalized spacial score (nSPS) is 16.1. The van der Waals surface area contributed by atoms with Gasteiger partial charge in [-0.2, -0.15) is 4.37 Å². The van der Waals surface area contributed by atoms with Gasteiger partial charge < -0.3 is 15.2 Å². The standard InChI is InChI=1S/C14H12N2O4S/c1-7-11(14(18)19)13(21-16-7)15-12(17)10-6-8-4-2-3-5-9(8)20-10/h2-5,10H,6H2,1H3,(H,15,17)(H,18,19). The molecule has 0 radical (unpaired) electrons. The van der Waals surface area contributed by atoms with E-state index in [1.54, 1.807) is 6.92 Å². The molecular formula is C14H12N2O4S. The van der Waals surface area contributed by atoms with Crippen LogP contribution in [0.1, 0.15) is 21.6 Å². The van der Waals surface area contributed by atoms with Crippen molar-refractivity contribution in [3.05, 3.63) is 41.1 Å². The Labute approximate surface area is 124 Å². The molecule has 21 heavy (non-hydrogen) atoms. The highest BCUT2D eigenvalue weighted by Gasteiger charge is 2.30. The molecule has 7 heteroatoms. The second-order valence-electron chi connectivity index (χ2n) is 4.68. The van der Waals surface area contributed by atoms with Crippen molar-refractivity contribution < 1.29 is 19.4 Å². The van der Waals surface area contributed by atoms with Gasteiger partial charge in [-0.1, -0.05) is 18.2 Å². The highest BCUT2D eigenvalue weighted by Crippen LogP contribution is 2.30. The average molecular weight is 304 g/mol. The van der Waals surface area contributed by atoms with E-state index in [4.69, 9.17) is 9.84 Å². The van der Waals surface area contributed by atoms with Crippen LogP contribution in [0.5, 0.6) is 5.75 Å². The number of para-hydroxylation sites is 1. The number of rotatable bonds is 3. The predicted octanol–water partition coefficient (Wildman–Crippen LogP) is 2.09. The Hall–Kier alpha value is -2.41. The molecule has 1 aromatic heterocycles. The summed E-state index contributed by atoms with van der Waals surface area (Å²) >= 11 is 0.957. The van der Waals surface area contributed by atoms with E-state index < -0.39 is 12.1 Å². The zero-order valence-electron chi connectivity index (χ0n) is 11.1. The van der Waals surface area contributed by atoms with Crippen molar-refractivity contribution in [2.24, 2.45) is 0 Å². The summed E-state index contributed by atoms with van der Waals surface area (Å²) in [5.41, 5.74) is 1.39. The summed E-state index contributed by atoms with van der Waals surface area (Å²) < 4.78 is 9.54. The van der Waals surface area contributed by atoms with Crippen LogP contribution >= 0.6 is 11.5 Å². The van der Waals surface area contributed by atoms with Gasteiger partial charge in [0.05, 0.1) is 5.69 Å². The van der Waals surface area contributed by atoms with Crippen molar-refractivity contribution in [1.29, 1.82) is 0 Å². The lowest BCUT2D eigenvalue weighted by Gasteiger charge is -2.10. The van der Waals surface area contributed by atoms with Gasteiger partial charge >= 0.3 is 5.97 Å². The van der Waals surface area contributed by atoms with Gasteiger partial charge in [-0.25, -0.2) is 4.79 Å². The Morgan fingerprint density at radius 3 is 2.90 bits per heavy atom. The molecule has 0 saturated heterocycles. The van der Waals surface area contributed by atoms with Crippen LogP contribution in [0.4, 0.5) is 5.00 Å². The number of hydrogen-bond acceptors (Lipinski definition) is 5. The molecule has 3 rings (SSSR count). The Bertz CT molecular complexity index is 701. The lowest BCUT2D eigenvalue weighted by Crippen LogP contribution is -2.31. The molecule has 1 aliphatic heterocycles. The molecule has 0 aliphatic carbocycles. The molecule has 6 nitrogen and oxygen atoms in total. The first-order valence-corrected chi connectivity index (χ1v) is 7.08. The maximum atomic E-state index is 12.2. The number of nitrogens with zero attached hydrogens (tertiary/aromatic N) is 1. The minimum atomic E-state index is -1.10. The molecule has 1 aromatic carbocycles. The van der Waals surface area contributed by atoms with Gasteiger partial charge in [-0.15, -0.1) is 0 Å². The summed E-state index contributed by atoms with van der Waals surface area (Å²) in [5, 5.41) is 12.0. The van der Waals surface area contributed by atoms with Gasteiger partial charge in [-0.3, -0.25) is 4.79 Å². The van der Waals surface area contributed by atoms with Crippen molar-refractivity contribution in [2.75, 3.05) is 5.32 Å². The Balaban J connectivity index is 1.76. The number of carbonyl (C=O) groups is 2. The monoisotopic (exact) mass is 304 g/mol. The van der Waals surface area contributed by atoms with E-state index in [9.17, 15) is 9.59 Å². The summed E-state index contributed by atoms with van der Waals surface area (Å²) in [6.45, 7) is 1.59. The summed E-state index contributed by atoms with van der Waals surface area (Å²) in [4.78, 5) is 23.4. The van der Waals surface area contributed by atoms with E-state index in [1.165, 1.54) is 0 Å². The van der Waals surface area contributed by atoms with Crippen LogP contribution in [0.2, 0.25) is 0 Å². The first kappa shape index (κ1) is 13.6. The van der Waals surface area contributed by atoms with Crippen LogP contribution in [0.25, 0.3) is 0 Å². The van der Waals surface area contributed by atoms with Crippen molar-refractivity contribution in [2.45, 2.75) is 19.4 Å². The van der Waals surface area contributed by atoms with Crippen LogP contribution in [0.3, 0.4) is 0 Å². The SMILES string of the molecule is Cc1nsc(NC(=O)C2Cc3ccccc3O2)c1C(=O)O. The van der Waals surface area contributed by atoms with Crippen molar-refractivity contribution >= 4 is 28.4 Å². The first-order valence-electron chi connectivity index (χ1n) is 6.31. The molecule has 1 aliphatic rings. The minimum absolute atomic E-state index is 0.0314. The highest BCUT2D eigenvalue weighted by atomic mass is 32.1. The van der Waals surface area contributed by atoms with Crippen molar-refractivity contribution in [3.8, 4) is 5.75 Å². The molecule has 1 atom stereocenters.